The molecule has 0 saturated carbocycles. The zero-order valence-corrected chi connectivity index (χ0v) is 10.2. The van der Waals surface area contributed by atoms with Crippen LogP contribution in [0.1, 0.15) is 24.0 Å². The highest BCUT2D eigenvalue weighted by Crippen LogP contribution is 2.29. The van der Waals surface area contributed by atoms with E-state index in [0.717, 1.165) is 12.1 Å². The number of nitrogens with one attached hydrogen (secondary N) is 1. The summed E-state index contributed by atoms with van der Waals surface area (Å²) in [6.45, 7) is 0. The smallest absolute Gasteiger partial charge is 0.151 e. The first-order valence-electron chi connectivity index (χ1n) is 6.28. The lowest BCUT2D eigenvalue weighted by Crippen LogP contribution is -2.07. The molecule has 0 amide bonds. The van der Waals surface area contributed by atoms with Gasteiger partial charge < -0.3 is 11.1 Å². The van der Waals surface area contributed by atoms with Gasteiger partial charge in [-0.3, -0.25) is 4.98 Å². The molecule has 3 rings (SSSR count). The molecule has 0 radical (unpaired) electrons. The molecule has 0 aliphatic heterocycles. The van der Waals surface area contributed by atoms with Gasteiger partial charge in [-0.25, -0.2) is 4.98 Å². The van der Waals surface area contributed by atoms with E-state index in [1.807, 2.05) is 0 Å². The highest BCUT2D eigenvalue weighted by molar-refractivity contribution is 5.63. The second-order valence-electron chi connectivity index (χ2n) is 4.60. The fourth-order valence-corrected chi connectivity index (χ4v) is 2.48. The van der Waals surface area contributed by atoms with Crippen molar-refractivity contribution in [3.63, 3.8) is 0 Å². The first-order chi connectivity index (χ1) is 8.83. The van der Waals surface area contributed by atoms with Crippen molar-refractivity contribution in [2.24, 2.45) is 0 Å². The number of hydrogen-bond acceptors (Lipinski definition) is 4. The fourth-order valence-electron chi connectivity index (χ4n) is 2.48. The van der Waals surface area contributed by atoms with Crippen LogP contribution in [0.15, 0.2) is 30.6 Å². The van der Waals surface area contributed by atoms with Crippen LogP contribution in [0.2, 0.25) is 0 Å². The highest BCUT2D eigenvalue weighted by Gasteiger charge is 2.13. The standard InChI is InChI=1S/C14H16N4/c15-13-8-16-9-14(18-13)17-12-7-3-5-10-4-1-2-6-11(10)12/h3,5,7-9H,1-2,4,6H2,(H3,15,17,18). The monoisotopic (exact) mass is 240 g/mol. The molecule has 0 atom stereocenters. The van der Waals surface area contributed by atoms with Crippen LogP contribution in [0.5, 0.6) is 0 Å². The molecule has 0 spiro atoms. The zero-order valence-electron chi connectivity index (χ0n) is 10.2. The molecule has 1 heterocycles. The summed E-state index contributed by atoms with van der Waals surface area (Å²) in [5, 5.41) is 3.32. The summed E-state index contributed by atoms with van der Waals surface area (Å²) >= 11 is 0. The number of nitrogen functional groups attached to an aromatic ring is 1. The number of nitrogens with zero attached hydrogens (tertiary/aromatic N) is 2. The average molecular weight is 240 g/mol. The summed E-state index contributed by atoms with van der Waals surface area (Å²) in [7, 11) is 0. The van der Waals surface area contributed by atoms with Crippen molar-refractivity contribution in [3.05, 3.63) is 41.7 Å². The number of aromatic nitrogens is 2. The minimum Gasteiger partial charge on any atom is -0.382 e. The number of hydrogen-bond donors (Lipinski definition) is 2. The van der Waals surface area contributed by atoms with Crippen molar-refractivity contribution in [1.29, 1.82) is 0 Å². The van der Waals surface area contributed by atoms with Crippen LogP contribution in [0, 0.1) is 0 Å². The van der Waals surface area contributed by atoms with Crippen LogP contribution in [-0.4, -0.2) is 9.97 Å². The number of benzene rings is 1. The van der Waals surface area contributed by atoms with E-state index in [9.17, 15) is 0 Å². The lowest BCUT2D eigenvalue weighted by atomic mass is 9.90. The molecule has 4 heteroatoms. The van der Waals surface area contributed by atoms with E-state index in [2.05, 4.69) is 33.5 Å². The first-order valence-corrected chi connectivity index (χ1v) is 6.28. The normalized spacial score (nSPS) is 14.0. The van der Waals surface area contributed by atoms with Crippen LogP contribution in [0.4, 0.5) is 17.3 Å². The van der Waals surface area contributed by atoms with Gasteiger partial charge in [-0.05, 0) is 42.9 Å². The van der Waals surface area contributed by atoms with Gasteiger partial charge in [-0.2, -0.15) is 0 Å². The molecule has 1 aromatic heterocycles. The highest BCUT2D eigenvalue weighted by atomic mass is 15.0. The van der Waals surface area contributed by atoms with Crippen LogP contribution < -0.4 is 11.1 Å². The molecule has 0 fully saturated rings. The van der Waals surface area contributed by atoms with Gasteiger partial charge in [-0.15, -0.1) is 0 Å². The van der Waals surface area contributed by atoms with Crippen LogP contribution in [-0.2, 0) is 12.8 Å². The maximum absolute atomic E-state index is 5.64. The Bertz CT molecular complexity index is 565. The van der Waals surface area contributed by atoms with E-state index < -0.39 is 0 Å². The predicted molar refractivity (Wildman–Crippen MR) is 72.8 cm³/mol. The summed E-state index contributed by atoms with van der Waals surface area (Å²) in [6, 6.07) is 6.39. The lowest BCUT2D eigenvalue weighted by Gasteiger charge is -2.19. The molecule has 3 N–H and O–H groups in total. The largest absolute Gasteiger partial charge is 0.382 e. The van der Waals surface area contributed by atoms with Gasteiger partial charge in [0.15, 0.2) is 5.82 Å². The van der Waals surface area contributed by atoms with Gasteiger partial charge in [0.2, 0.25) is 0 Å². The number of rotatable bonds is 2. The number of nitrogens with two attached hydrogens (primary N) is 1. The Labute approximate surface area is 106 Å². The van der Waals surface area contributed by atoms with E-state index in [-0.39, 0.29) is 0 Å². The van der Waals surface area contributed by atoms with E-state index in [0.29, 0.717) is 11.6 Å². The van der Waals surface area contributed by atoms with Crippen LogP contribution in [0.3, 0.4) is 0 Å². The van der Waals surface area contributed by atoms with E-state index in [4.69, 9.17) is 5.73 Å². The first kappa shape index (κ1) is 11.0. The third-order valence-electron chi connectivity index (χ3n) is 3.31. The van der Waals surface area contributed by atoms with E-state index >= 15 is 0 Å². The third-order valence-corrected chi connectivity index (χ3v) is 3.31. The molecular formula is C14H16N4. The maximum atomic E-state index is 5.64. The molecule has 4 nitrogen and oxygen atoms in total. The Morgan fingerprint density at radius 3 is 2.89 bits per heavy atom. The number of aryl methyl sites for hydroxylation is 1. The molecule has 2 aromatic rings. The predicted octanol–water partition coefficient (Wildman–Crippen LogP) is 2.68. The minimum atomic E-state index is 0.435. The van der Waals surface area contributed by atoms with Gasteiger partial charge in [0.25, 0.3) is 0 Å². The van der Waals surface area contributed by atoms with Gasteiger partial charge in [0, 0.05) is 5.69 Å². The molecule has 1 aromatic carbocycles. The number of fused-ring (bicyclic) bond motifs is 1. The van der Waals surface area contributed by atoms with Crippen molar-refractivity contribution in [2.45, 2.75) is 25.7 Å². The third kappa shape index (κ3) is 2.14. The summed E-state index contributed by atoms with van der Waals surface area (Å²) in [6.07, 6.45) is 8.09. The number of anilines is 3. The molecule has 1 aliphatic carbocycles. The van der Waals surface area contributed by atoms with Crippen molar-refractivity contribution in [2.75, 3.05) is 11.1 Å². The van der Waals surface area contributed by atoms with E-state index in [1.165, 1.54) is 30.4 Å². The second-order valence-corrected chi connectivity index (χ2v) is 4.60. The quantitative estimate of drug-likeness (QED) is 0.847. The van der Waals surface area contributed by atoms with Gasteiger partial charge in [0.1, 0.15) is 5.82 Å². The summed E-state index contributed by atoms with van der Waals surface area (Å²) in [5.41, 5.74) is 9.63. The fraction of sp³-hybridized carbons (Fsp3) is 0.286. The Balaban J connectivity index is 1.93. The van der Waals surface area contributed by atoms with Crippen molar-refractivity contribution >= 4 is 17.3 Å². The molecule has 18 heavy (non-hydrogen) atoms. The van der Waals surface area contributed by atoms with Crippen LogP contribution in [0.25, 0.3) is 0 Å². The molecule has 0 bridgehead atoms. The Morgan fingerprint density at radius 1 is 1.11 bits per heavy atom. The second kappa shape index (κ2) is 4.64. The summed E-state index contributed by atoms with van der Waals surface area (Å²) < 4.78 is 0. The van der Waals surface area contributed by atoms with Gasteiger partial charge in [0.05, 0.1) is 12.4 Å². The van der Waals surface area contributed by atoms with Gasteiger partial charge >= 0.3 is 0 Å². The molecular weight excluding hydrogens is 224 g/mol. The van der Waals surface area contributed by atoms with Crippen molar-refractivity contribution in [3.8, 4) is 0 Å². The summed E-state index contributed by atoms with van der Waals surface area (Å²) in [5.74, 6) is 1.14. The maximum Gasteiger partial charge on any atom is 0.151 e. The SMILES string of the molecule is Nc1cncc(Nc2cccc3c2CCCC3)n1. The topological polar surface area (TPSA) is 63.8 Å². The Hall–Kier alpha value is -2.10. The minimum absolute atomic E-state index is 0.435. The molecule has 1 aliphatic rings. The lowest BCUT2D eigenvalue weighted by molar-refractivity contribution is 0.687. The van der Waals surface area contributed by atoms with Gasteiger partial charge in [-0.1, -0.05) is 12.1 Å². The Kier molecular flexibility index (Phi) is 2.84. The van der Waals surface area contributed by atoms with Crippen LogP contribution >= 0.6 is 0 Å². The molecule has 0 unspecified atom stereocenters. The molecule has 0 saturated heterocycles. The average Bonchev–Trinajstić information content (AvgIpc) is 2.39. The zero-order chi connectivity index (χ0) is 12.4. The van der Waals surface area contributed by atoms with Crippen molar-refractivity contribution < 1.29 is 0 Å². The van der Waals surface area contributed by atoms with E-state index in [1.54, 1.807) is 12.4 Å². The van der Waals surface area contributed by atoms with Crippen molar-refractivity contribution in [1.82, 2.24) is 9.97 Å². The molecule has 92 valence electrons. The summed E-state index contributed by atoms with van der Waals surface area (Å²) in [4.78, 5) is 8.26. The Morgan fingerprint density at radius 2 is 2.00 bits per heavy atom.